The molecule has 1 heterocycles. The molecule has 3 N–H and O–H groups in total. The number of nitrogens with one attached hydrogen (secondary N) is 3. The molecule has 2 aliphatic rings. The third kappa shape index (κ3) is 6.81. The Kier molecular flexibility index (Phi) is 8.55. The zero-order chi connectivity index (χ0) is 23.6. The van der Waals surface area contributed by atoms with Gasteiger partial charge in [-0.2, -0.15) is 0 Å². The standard InChI is InChI=1S/C27H37N5O2/c33-25(27(13-7-8-14-27)30-26(34)29-21-23-9-3-1-4-10-23)28-15-16-31-17-19-32(20-18-31)22-24-11-5-2-6-12-24/h1-6,9-12H,7-8,13-22H2,(H,28,33)(H2,29,30,34). The lowest BCUT2D eigenvalue weighted by molar-refractivity contribution is -0.127. The van der Waals surface area contributed by atoms with Gasteiger partial charge in [0.2, 0.25) is 5.91 Å². The van der Waals surface area contributed by atoms with Crippen molar-refractivity contribution in [2.45, 2.75) is 44.3 Å². The SMILES string of the molecule is O=C(NCc1ccccc1)NC1(C(=O)NCCN2CCN(Cc3ccccc3)CC2)CCCC1. The lowest BCUT2D eigenvalue weighted by Gasteiger charge is -2.35. The second-order valence-electron chi connectivity index (χ2n) is 9.44. The molecule has 0 atom stereocenters. The number of carbonyl (C=O) groups is 2. The van der Waals surface area contributed by atoms with Crippen LogP contribution in [-0.4, -0.2) is 66.5 Å². The number of urea groups is 1. The first kappa shape index (κ1) is 24.2. The predicted molar refractivity (Wildman–Crippen MR) is 134 cm³/mol. The highest BCUT2D eigenvalue weighted by molar-refractivity contribution is 5.91. The molecule has 182 valence electrons. The summed E-state index contributed by atoms with van der Waals surface area (Å²) in [6.07, 6.45) is 3.29. The Labute approximate surface area is 202 Å². The van der Waals surface area contributed by atoms with Crippen molar-refractivity contribution in [1.82, 2.24) is 25.8 Å². The smallest absolute Gasteiger partial charge is 0.315 e. The molecule has 1 aliphatic heterocycles. The lowest BCUT2D eigenvalue weighted by Crippen LogP contribution is -2.59. The highest BCUT2D eigenvalue weighted by Gasteiger charge is 2.42. The van der Waals surface area contributed by atoms with E-state index in [9.17, 15) is 9.59 Å². The lowest BCUT2D eigenvalue weighted by atomic mass is 9.96. The van der Waals surface area contributed by atoms with Crippen LogP contribution in [0.2, 0.25) is 0 Å². The van der Waals surface area contributed by atoms with E-state index in [1.54, 1.807) is 0 Å². The largest absolute Gasteiger partial charge is 0.353 e. The molecule has 0 unspecified atom stereocenters. The van der Waals surface area contributed by atoms with Crippen molar-refractivity contribution < 1.29 is 9.59 Å². The Morgan fingerprint density at radius 1 is 0.765 bits per heavy atom. The zero-order valence-electron chi connectivity index (χ0n) is 20.0. The van der Waals surface area contributed by atoms with Gasteiger partial charge in [-0.15, -0.1) is 0 Å². The molecular formula is C27H37N5O2. The highest BCUT2D eigenvalue weighted by atomic mass is 16.2. The van der Waals surface area contributed by atoms with Gasteiger partial charge >= 0.3 is 6.03 Å². The number of amides is 3. The third-order valence-corrected chi connectivity index (χ3v) is 6.97. The fraction of sp³-hybridized carbons (Fsp3) is 0.481. The molecule has 0 spiro atoms. The zero-order valence-corrected chi connectivity index (χ0v) is 20.0. The van der Waals surface area contributed by atoms with Crippen molar-refractivity contribution in [1.29, 1.82) is 0 Å². The monoisotopic (exact) mass is 463 g/mol. The van der Waals surface area contributed by atoms with E-state index in [2.05, 4.69) is 56.1 Å². The van der Waals surface area contributed by atoms with Crippen LogP contribution < -0.4 is 16.0 Å². The number of rotatable bonds is 9. The van der Waals surface area contributed by atoms with E-state index in [-0.39, 0.29) is 11.9 Å². The normalized spacial score (nSPS) is 18.4. The van der Waals surface area contributed by atoms with Crippen LogP contribution in [0.5, 0.6) is 0 Å². The maximum Gasteiger partial charge on any atom is 0.315 e. The molecule has 0 aromatic heterocycles. The summed E-state index contributed by atoms with van der Waals surface area (Å²) in [6.45, 7) is 6.97. The van der Waals surface area contributed by atoms with Gasteiger partial charge in [0, 0.05) is 52.4 Å². The summed E-state index contributed by atoms with van der Waals surface area (Å²) in [4.78, 5) is 30.5. The van der Waals surface area contributed by atoms with Crippen LogP contribution >= 0.6 is 0 Å². The maximum absolute atomic E-state index is 13.1. The summed E-state index contributed by atoms with van der Waals surface area (Å²) in [5.41, 5.74) is 1.59. The van der Waals surface area contributed by atoms with E-state index in [4.69, 9.17) is 0 Å². The van der Waals surface area contributed by atoms with Crippen LogP contribution in [0.3, 0.4) is 0 Å². The van der Waals surface area contributed by atoms with Crippen LogP contribution in [0.1, 0.15) is 36.8 Å². The van der Waals surface area contributed by atoms with Crippen molar-refractivity contribution in [2.75, 3.05) is 39.3 Å². The molecule has 0 bridgehead atoms. The number of benzene rings is 2. The molecule has 1 saturated carbocycles. The summed E-state index contributed by atoms with van der Waals surface area (Å²) in [6, 6.07) is 20.1. The third-order valence-electron chi connectivity index (χ3n) is 6.97. The summed E-state index contributed by atoms with van der Waals surface area (Å²) in [7, 11) is 0. The fourth-order valence-corrected chi connectivity index (χ4v) is 4.94. The van der Waals surface area contributed by atoms with Gasteiger partial charge in [-0.05, 0) is 24.0 Å². The highest BCUT2D eigenvalue weighted by Crippen LogP contribution is 2.30. The Bertz CT molecular complexity index is 907. The summed E-state index contributed by atoms with van der Waals surface area (Å²) in [5.74, 6) is -0.0532. The molecule has 7 nitrogen and oxygen atoms in total. The average Bonchev–Trinajstić information content (AvgIpc) is 3.35. The predicted octanol–water partition coefficient (Wildman–Crippen LogP) is 2.73. The van der Waals surface area contributed by atoms with Crippen molar-refractivity contribution in [3.8, 4) is 0 Å². The first-order valence-corrected chi connectivity index (χ1v) is 12.5. The number of piperazine rings is 1. The van der Waals surface area contributed by atoms with Gasteiger partial charge in [0.1, 0.15) is 5.54 Å². The summed E-state index contributed by atoms with van der Waals surface area (Å²) in [5, 5.41) is 9.00. The van der Waals surface area contributed by atoms with Crippen molar-refractivity contribution in [3.63, 3.8) is 0 Å². The molecule has 2 aromatic carbocycles. The molecule has 2 fully saturated rings. The summed E-state index contributed by atoms with van der Waals surface area (Å²) < 4.78 is 0. The van der Waals surface area contributed by atoms with Gasteiger partial charge in [0.15, 0.2) is 0 Å². The van der Waals surface area contributed by atoms with Crippen LogP contribution in [0.25, 0.3) is 0 Å². The topological polar surface area (TPSA) is 76.7 Å². The molecule has 1 aliphatic carbocycles. The van der Waals surface area contributed by atoms with E-state index in [1.165, 1.54) is 5.56 Å². The number of carbonyl (C=O) groups excluding carboxylic acids is 2. The second kappa shape index (κ2) is 12.0. The number of hydrogen-bond acceptors (Lipinski definition) is 4. The molecular weight excluding hydrogens is 426 g/mol. The van der Waals surface area contributed by atoms with Crippen LogP contribution in [0, 0.1) is 0 Å². The summed E-state index contributed by atoms with van der Waals surface area (Å²) >= 11 is 0. The average molecular weight is 464 g/mol. The minimum absolute atomic E-state index is 0.0532. The van der Waals surface area contributed by atoms with Crippen molar-refractivity contribution in [3.05, 3.63) is 71.8 Å². The molecule has 34 heavy (non-hydrogen) atoms. The Balaban J connectivity index is 1.18. The Morgan fingerprint density at radius 3 is 2.00 bits per heavy atom. The van der Waals surface area contributed by atoms with Crippen LogP contribution in [-0.2, 0) is 17.9 Å². The van der Waals surface area contributed by atoms with E-state index < -0.39 is 5.54 Å². The first-order chi connectivity index (χ1) is 16.6. The molecule has 7 heteroatoms. The van der Waals surface area contributed by atoms with Gasteiger partial charge in [-0.3, -0.25) is 14.6 Å². The Morgan fingerprint density at radius 2 is 1.35 bits per heavy atom. The van der Waals surface area contributed by atoms with E-state index in [0.717, 1.165) is 57.7 Å². The molecule has 4 rings (SSSR count). The quantitative estimate of drug-likeness (QED) is 0.535. The van der Waals surface area contributed by atoms with E-state index >= 15 is 0 Å². The minimum atomic E-state index is -0.796. The number of nitrogens with zero attached hydrogens (tertiary/aromatic N) is 2. The molecule has 1 saturated heterocycles. The van der Waals surface area contributed by atoms with Crippen LogP contribution in [0.4, 0.5) is 4.79 Å². The maximum atomic E-state index is 13.1. The molecule has 0 radical (unpaired) electrons. The molecule has 3 amide bonds. The van der Waals surface area contributed by atoms with Gasteiger partial charge in [-0.25, -0.2) is 4.79 Å². The van der Waals surface area contributed by atoms with Crippen molar-refractivity contribution in [2.24, 2.45) is 0 Å². The van der Waals surface area contributed by atoms with Gasteiger partial charge < -0.3 is 16.0 Å². The van der Waals surface area contributed by atoms with E-state index in [0.29, 0.717) is 25.9 Å². The number of hydrogen-bond donors (Lipinski definition) is 3. The van der Waals surface area contributed by atoms with Gasteiger partial charge in [0.05, 0.1) is 0 Å². The molecule has 2 aromatic rings. The van der Waals surface area contributed by atoms with Crippen molar-refractivity contribution >= 4 is 11.9 Å². The van der Waals surface area contributed by atoms with Crippen LogP contribution in [0.15, 0.2) is 60.7 Å². The Hall–Kier alpha value is -2.90. The van der Waals surface area contributed by atoms with Gasteiger partial charge in [-0.1, -0.05) is 73.5 Å². The fourth-order valence-electron chi connectivity index (χ4n) is 4.94. The minimum Gasteiger partial charge on any atom is -0.353 e. The second-order valence-corrected chi connectivity index (χ2v) is 9.44. The van der Waals surface area contributed by atoms with Gasteiger partial charge in [0.25, 0.3) is 0 Å². The first-order valence-electron chi connectivity index (χ1n) is 12.5. The van der Waals surface area contributed by atoms with E-state index in [1.807, 2.05) is 30.3 Å².